The maximum absolute atomic E-state index is 12.7. The van der Waals surface area contributed by atoms with Crippen LogP contribution in [-0.2, 0) is 6.42 Å². The number of hydrogen-bond acceptors (Lipinski definition) is 4. The van der Waals surface area contributed by atoms with E-state index in [0.717, 1.165) is 24.3 Å². The average molecular weight is 358 g/mol. The quantitative estimate of drug-likeness (QED) is 0.763. The molecule has 1 aliphatic heterocycles. The van der Waals surface area contributed by atoms with Crippen LogP contribution in [0.25, 0.3) is 0 Å². The Balaban J connectivity index is 1.52. The zero-order valence-electron chi connectivity index (χ0n) is 15.5. The highest BCUT2D eigenvalue weighted by Gasteiger charge is 2.20. The first kappa shape index (κ1) is 17.1. The van der Waals surface area contributed by atoms with Crippen molar-refractivity contribution in [3.63, 3.8) is 0 Å². The van der Waals surface area contributed by atoms with Crippen LogP contribution in [0.1, 0.15) is 15.9 Å². The molecule has 0 unspecified atom stereocenters. The van der Waals surface area contributed by atoms with Gasteiger partial charge in [0.25, 0.3) is 5.91 Å². The van der Waals surface area contributed by atoms with Crippen molar-refractivity contribution in [2.45, 2.75) is 6.42 Å². The topological polar surface area (TPSA) is 48.5 Å². The summed E-state index contributed by atoms with van der Waals surface area (Å²) in [5.41, 5.74) is 5.10. The highest BCUT2D eigenvalue weighted by Crippen LogP contribution is 2.34. The Kier molecular flexibility index (Phi) is 4.50. The number of pyridine rings is 1. The Morgan fingerprint density at radius 3 is 2.59 bits per heavy atom. The van der Waals surface area contributed by atoms with E-state index in [2.05, 4.69) is 39.5 Å². The van der Waals surface area contributed by atoms with Crippen molar-refractivity contribution >= 4 is 28.8 Å². The second-order valence-corrected chi connectivity index (χ2v) is 6.80. The van der Waals surface area contributed by atoms with Gasteiger partial charge in [0.15, 0.2) is 0 Å². The molecule has 3 aromatic rings. The normalized spacial score (nSPS) is 12.6. The van der Waals surface area contributed by atoms with Crippen LogP contribution in [0.2, 0.25) is 0 Å². The molecule has 2 aromatic carbocycles. The number of aromatic nitrogens is 1. The van der Waals surface area contributed by atoms with Crippen LogP contribution < -0.4 is 15.1 Å². The van der Waals surface area contributed by atoms with Gasteiger partial charge in [0.2, 0.25) is 0 Å². The van der Waals surface area contributed by atoms with Crippen molar-refractivity contribution in [1.82, 2.24) is 4.98 Å². The van der Waals surface area contributed by atoms with E-state index in [1.54, 1.807) is 18.3 Å². The fourth-order valence-corrected chi connectivity index (χ4v) is 3.46. The Morgan fingerprint density at radius 2 is 1.81 bits per heavy atom. The molecule has 0 aliphatic carbocycles. The van der Waals surface area contributed by atoms with Crippen LogP contribution in [0.4, 0.5) is 22.9 Å². The molecule has 136 valence electrons. The first-order valence-corrected chi connectivity index (χ1v) is 9.03. The minimum absolute atomic E-state index is 0.161. The fourth-order valence-electron chi connectivity index (χ4n) is 3.46. The van der Waals surface area contributed by atoms with E-state index >= 15 is 0 Å². The second kappa shape index (κ2) is 7.11. The van der Waals surface area contributed by atoms with E-state index < -0.39 is 0 Å². The van der Waals surface area contributed by atoms with E-state index in [4.69, 9.17) is 0 Å². The first-order valence-electron chi connectivity index (χ1n) is 9.03. The summed E-state index contributed by atoms with van der Waals surface area (Å²) >= 11 is 0. The highest BCUT2D eigenvalue weighted by atomic mass is 16.1. The summed E-state index contributed by atoms with van der Waals surface area (Å²) in [7, 11) is 3.75. The molecule has 0 saturated heterocycles. The summed E-state index contributed by atoms with van der Waals surface area (Å²) in [6, 6.07) is 20.0. The number of fused-ring (bicyclic) bond motifs is 1. The number of anilines is 4. The van der Waals surface area contributed by atoms with Crippen LogP contribution in [0.5, 0.6) is 0 Å². The van der Waals surface area contributed by atoms with Crippen molar-refractivity contribution in [3.05, 3.63) is 78.0 Å². The maximum atomic E-state index is 12.7. The van der Waals surface area contributed by atoms with Gasteiger partial charge in [-0.05, 0) is 54.4 Å². The smallest absolute Gasteiger partial charge is 0.259 e. The van der Waals surface area contributed by atoms with E-state index in [9.17, 15) is 4.79 Å². The van der Waals surface area contributed by atoms with E-state index in [1.165, 1.54) is 11.3 Å². The third-order valence-electron chi connectivity index (χ3n) is 4.78. The lowest BCUT2D eigenvalue weighted by Crippen LogP contribution is -2.19. The average Bonchev–Trinajstić information content (AvgIpc) is 3.12. The van der Waals surface area contributed by atoms with Gasteiger partial charge in [0.1, 0.15) is 5.82 Å². The summed E-state index contributed by atoms with van der Waals surface area (Å²) in [6.45, 7) is 0.979. The van der Waals surface area contributed by atoms with Crippen molar-refractivity contribution in [3.8, 4) is 0 Å². The molecule has 4 rings (SSSR count). The minimum Gasteiger partial charge on any atom is -0.362 e. The number of benzene rings is 2. The minimum atomic E-state index is -0.161. The van der Waals surface area contributed by atoms with Gasteiger partial charge in [-0.2, -0.15) is 0 Å². The second-order valence-electron chi connectivity index (χ2n) is 6.80. The number of carbonyl (C=O) groups is 1. The van der Waals surface area contributed by atoms with Crippen molar-refractivity contribution in [2.24, 2.45) is 0 Å². The Bertz CT molecular complexity index is 966. The molecule has 0 bridgehead atoms. The van der Waals surface area contributed by atoms with Crippen LogP contribution in [0.15, 0.2) is 66.9 Å². The van der Waals surface area contributed by atoms with Gasteiger partial charge in [-0.25, -0.2) is 4.98 Å². The van der Waals surface area contributed by atoms with Gasteiger partial charge in [-0.15, -0.1) is 0 Å². The zero-order chi connectivity index (χ0) is 18.8. The van der Waals surface area contributed by atoms with Crippen LogP contribution >= 0.6 is 0 Å². The number of hydrogen-bond donors (Lipinski definition) is 1. The van der Waals surface area contributed by atoms with E-state index in [-0.39, 0.29) is 5.91 Å². The molecule has 27 heavy (non-hydrogen) atoms. The molecule has 1 aromatic heterocycles. The maximum Gasteiger partial charge on any atom is 0.259 e. The largest absolute Gasteiger partial charge is 0.362 e. The molecule has 5 nitrogen and oxygen atoms in total. The third-order valence-corrected chi connectivity index (χ3v) is 4.78. The SMILES string of the molecule is CN(C)c1ncccc1C(=O)Nc1ccc(N2CCc3ccccc32)cc1. The van der Waals surface area contributed by atoms with E-state index in [1.807, 2.05) is 43.3 Å². The Hall–Kier alpha value is -3.34. The number of amides is 1. The van der Waals surface area contributed by atoms with Crippen LogP contribution in [-0.4, -0.2) is 31.5 Å². The molecule has 5 heteroatoms. The first-order chi connectivity index (χ1) is 13.1. The number of rotatable bonds is 4. The summed E-state index contributed by atoms with van der Waals surface area (Å²) in [6.07, 6.45) is 2.75. The van der Waals surface area contributed by atoms with Gasteiger partial charge in [0, 0.05) is 43.9 Å². The molecule has 2 heterocycles. The van der Waals surface area contributed by atoms with Gasteiger partial charge in [-0.1, -0.05) is 18.2 Å². The lowest BCUT2D eigenvalue weighted by molar-refractivity contribution is 0.102. The zero-order valence-corrected chi connectivity index (χ0v) is 15.5. The Morgan fingerprint density at radius 1 is 1.04 bits per heavy atom. The predicted octanol–water partition coefficient (Wildman–Crippen LogP) is 4.09. The molecule has 1 amide bonds. The molecule has 1 N–H and O–H groups in total. The molecule has 0 radical (unpaired) electrons. The lowest BCUT2D eigenvalue weighted by Gasteiger charge is -2.20. The highest BCUT2D eigenvalue weighted by molar-refractivity contribution is 6.07. The molecular weight excluding hydrogens is 336 g/mol. The monoisotopic (exact) mass is 358 g/mol. The molecular formula is C22H22N4O. The lowest BCUT2D eigenvalue weighted by atomic mass is 10.2. The van der Waals surface area contributed by atoms with Gasteiger partial charge >= 0.3 is 0 Å². The Labute approximate surface area is 159 Å². The van der Waals surface area contributed by atoms with Gasteiger partial charge in [0.05, 0.1) is 5.56 Å². The molecule has 0 atom stereocenters. The van der Waals surface area contributed by atoms with Gasteiger partial charge in [-0.3, -0.25) is 4.79 Å². The van der Waals surface area contributed by atoms with Crippen molar-refractivity contribution < 1.29 is 4.79 Å². The van der Waals surface area contributed by atoms with Crippen LogP contribution in [0, 0.1) is 0 Å². The number of carbonyl (C=O) groups excluding carboxylic acids is 1. The molecule has 0 spiro atoms. The predicted molar refractivity (Wildman–Crippen MR) is 110 cm³/mol. The van der Waals surface area contributed by atoms with Crippen molar-refractivity contribution in [1.29, 1.82) is 0 Å². The van der Waals surface area contributed by atoms with Crippen LogP contribution in [0.3, 0.4) is 0 Å². The molecule has 0 fully saturated rings. The number of nitrogens with zero attached hydrogens (tertiary/aromatic N) is 3. The number of para-hydroxylation sites is 1. The third kappa shape index (κ3) is 3.36. The number of nitrogens with one attached hydrogen (secondary N) is 1. The summed E-state index contributed by atoms with van der Waals surface area (Å²) in [5.74, 6) is 0.492. The summed E-state index contributed by atoms with van der Waals surface area (Å²) in [4.78, 5) is 21.1. The molecule has 1 aliphatic rings. The standard InChI is InChI=1S/C22H22N4O/c1-25(2)21-19(7-5-14-23-21)22(27)24-17-9-11-18(12-10-17)26-15-13-16-6-3-4-8-20(16)26/h3-12,14H,13,15H2,1-2H3,(H,24,27). The summed E-state index contributed by atoms with van der Waals surface area (Å²) < 4.78 is 0. The summed E-state index contributed by atoms with van der Waals surface area (Å²) in [5, 5.41) is 2.97. The van der Waals surface area contributed by atoms with Gasteiger partial charge < -0.3 is 15.1 Å². The molecule has 0 saturated carbocycles. The van der Waals surface area contributed by atoms with Crippen molar-refractivity contribution in [2.75, 3.05) is 35.8 Å². The fraction of sp³-hybridized carbons (Fsp3) is 0.182. The van der Waals surface area contributed by atoms with E-state index in [0.29, 0.717) is 11.4 Å².